The zero-order valence-electron chi connectivity index (χ0n) is 10.1. The van der Waals surface area contributed by atoms with Crippen LogP contribution in [0.4, 0.5) is 8.78 Å². The second-order valence-electron chi connectivity index (χ2n) is 4.95. The average Bonchev–Trinajstić information content (AvgIpc) is 2.80. The molecule has 3 rings (SSSR count). The molecule has 0 aromatic carbocycles. The van der Waals surface area contributed by atoms with Crippen molar-refractivity contribution in [2.75, 3.05) is 19.6 Å². The largest absolute Gasteiger partial charge is 0.476 e. The van der Waals surface area contributed by atoms with Gasteiger partial charge in [-0.25, -0.2) is 18.3 Å². The number of aromatic carboxylic acids is 1. The van der Waals surface area contributed by atoms with E-state index in [1.807, 2.05) is 0 Å². The third kappa shape index (κ3) is 2.40. The first-order valence-corrected chi connectivity index (χ1v) is 6.01. The first-order valence-electron chi connectivity index (χ1n) is 6.01. The summed E-state index contributed by atoms with van der Waals surface area (Å²) in [6, 6.07) is 1.38. The molecule has 1 fully saturated rings. The quantitative estimate of drug-likeness (QED) is 0.874. The molecule has 1 saturated heterocycles. The van der Waals surface area contributed by atoms with E-state index in [1.165, 1.54) is 10.7 Å². The van der Waals surface area contributed by atoms with Crippen molar-refractivity contribution in [2.24, 2.45) is 0 Å². The zero-order valence-corrected chi connectivity index (χ0v) is 10.1. The number of nitrogens with zero attached hydrogens (tertiary/aromatic N) is 3. The molecular weight excluding hydrogens is 260 g/mol. The smallest absolute Gasteiger partial charge is 0.356 e. The Morgan fingerprint density at radius 3 is 2.89 bits per heavy atom. The van der Waals surface area contributed by atoms with Crippen molar-refractivity contribution >= 4 is 5.97 Å². The molecule has 0 aliphatic carbocycles. The van der Waals surface area contributed by atoms with Gasteiger partial charge in [-0.1, -0.05) is 0 Å². The van der Waals surface area contributed by atoms with Crippen LogP contribution in [0.2, 0.25) is 0 Å². The number of hydrogen-bond acceptors (Lipinski definition) is 4. The van der Waals surface area contributed by atoms with E-state index in [4.69, 9.17) is 9.84 Å². The Kier molecular flexibility index (Phi) is 2.70. The molecule has 1 atom stereocenters. The number of carboxylic acids is 1. The normalized spacial score (nSPS) is 24.6. The number of alkyl halides is 2. The summed E-state index contributed by atoms with van der Waals surface area (Å²) < 4.78 is 32.3. The molecule has 8 heteroatoms. The highest BCUT2D eigenvalue weighted by atomic mass is 19.3. The van der Waals surface area contributed by atoms with Gasteiger partial charge in [0.2, 0.25) is 5.88 Å². The van der Waals surface area contributed by atoms with Gasteiger partial charge in [0.15, 0.2) is 5.69 Å². The van der Waals surface area contributed by atoms with Crippen LogP contribution in [0.5, 0.6) is 5.88 Å². The molecule has 6 nitrogen and oxygen atoms in total. The summed E-state index contributed by atoms with van der Waals surface area (Å²) in [4.78, 5) is 12.4. The fourth-order valence-corrected chi connectivity index (χ4v) is 2.37. The monoisotopic (exact) mass is 273 g/mol. The molecule has 0 amide bonds. The average molecular weight is 273 g/mol. The van der Waals surface area contributed by atoms with Crippen molar-refractivity contribution in [1.29, 1.82) is 0 Å². The van der Waals surface area contributed by atoms with Crippen molar-refractivity contribution < 1.29 is 23.4 Å². The third-order valence-electron chi connectivity index (χ3n) is 3.30. The summed E-state index contributed by atoms with van der Waals surface area (Å²) in [5, 5.41) is 12.6. The van der Waals surface area contributed by atoms with E-state index in [1.54, 1.807) is 4.90 Å². The minimum absolute atomic E-state index is 0.0455. The molecule has 1 unspecified atom stereocenters. The highest BCUT2D eigenvalue weighted by molar-refractivity contribution is 5.85. The minimum Gasteiger partial charge on any atom is -0.476 e. The Hall–Kier alpha value is -1.70. The molecule has 1 aromatic heterocycles. The van der Waals surface area contributed by atoms with Gasteiger partial charge in [0.1, 0.15) is 6.10 Å². The van der Waals surface area contributed by atoms with E-state index in [2.05, 4.69) is 5.10 Å². The van der Waals surface area contributed by atoms with Crippen molar-refractivity contribution in [1.82, 2.24) is 14.7 Å². The summed E-state index contributed by atoms with van der Waals surface area (Å²) >= 11 is 0. The Bertz CT molecular complexity index is 486. The lowest BCUT2D eigenvalue weighted by Gasteiger charge is -2.38. The van der Waals surface area contributed by atoms with E-state index in [-0.39, 0.29) is 24.9 Å². The summed E-state index contributed by atoms with van der Waals surface area (Å²) in [5.41, 5.74) is -0.0455. The zero-order chi connectivity index (χ0) is 13.6. The molecule has 2 aliphatic rings. The number of ether oxygens (including phenoxy) is 1. The van der Waals surface area contributed by atoms with E-state index in [0.717, 1.165) is 0 Å². The number of aromatic nitrogens is 2. The van der Waals surface area contributed by atoms with Gasteiger partial charge < -0.3 is 9.84 Å². The second-order valence-corrected chi connectivity index (χ2v) is 4.95. The third-order valence-corrected chi connectivity index (χ3v) is 3.30. The molecule has 1 aromatic rings. The number of rotatable bonds is 4. The van der Waals surface area contributed by atoms with E-state index < -0.39 is 11.9 Å². The number of carboxylic acid groups (broad SMARTS) is 1. The Morgan fingerprint density at radius 2 is 2.32 bits per heavy atom. The highest BCUT2D eigenvalue weighted by Crippen LogP contribution is 2.28. The molecule has 0 bridgehead atoms. The number of halogens is 2. The number of carbonyl (C=O) groups is 1. The summed E-state index contributed by atoms with van der Waals surface area (Å²) in [7, 11) is 0. The maximum Gasteiger partial charge on any atom is 0.356 e. The second kappa shape index (κ2) is 4.16. The molecule has 19 heavy (non-hydrogen) atoms. The van der Waals surface area contributed by atoms with E-state index >= 15 is 0 Å². The fraction of sp³-hybridized carbons (Fsp3) is 0.636. The predicted octanol–water partition coefficient (Wildman–Crippen LogP) is 0.683. The lowest BCUT2D eigenvalue weighted by atomic mass is 10.1. The van der Waals surface area contributed by atoms with Crippen LogP contribution in [0.1, 0.15) is 16.9 Å². The lowest BCUT2D eigenvalue weighted by Crippen LogP contribution is -2.56. The van der Waals surface area contributed by atoms with Crippen molar-refractivity contribution in [3.8, 4) is 5.88 Å². The first kappa shape index (κ1) is 12.3. The summed E-state index contributed by atoms with van der Waals surface area (Å²) in [5.74, 6) is -3.21. The van der Waals surface area contributed by atoms with Crippen LogP contribution in [0, 0.1) is 0 Å². The number of hydrogen-bond donors (Lipinski definition) is 1. The maximum atomic E-state index is 12.6. The molecular formula is C11H13F2N3O3. The molecule has 0 spiro atoms. The van der Waals surface area contributed by atoms with Crippen LogP contribution in [-0.2, 0) is 6.54 Å². The molecule has 2 aliphatic heterocycles. The van der Waals surface area contributed by atoms with Crippen LogP contribution in [0.3, 0.4) is 0 Å². The molecule has 0 saturated carbocycles. The van der Waals surface area contributed by atoms with E-state index in [0.29, 0.717) is 25.4 Å². The van der Waals surface area contributed by atoms with Crippen molar-refractivity contribution in [3.05, 3.63) is 11.8 Å². The van der Waals surface area contributed by atoms with Crippen LogP contribution >= 0.6 is 0 Å². The van der Waals surface area contributed by atoms with Crippen LogP contribution in [-0.4, -0.2) is 57.4 Å². The number of fused-ring (bicyclic) bond motifs is 1. The Balaban J connectivity index is 1.48. The van der Waals surface area contributed by atoms with Gasteiger partial charge >= 0.3 is 5.97 Å². The van der Waals surface area contributed by atoms with Gasteiger partial charge in [-0.15, -0.1) is 0 Å². The topological polar surface area (TPSA) is 67.6 Å². The standard InChI is InChI=1S/C11H13F2N3O3/c12-11(13)5-15(6-11)2-1-7-4-16-9(19-7)3-8(14-16)10(17)18/h3,7H,1-2,4-6H2,(H,17,18). The van der Waals surface area contributed by atoms with E-state index in [9.17, 15) is 13.6 Å². The van der Waals surface area contributed by atoms with Crippen LogP contribution in [0.15, 0.2) is 6.07 Å². The molecule has 1 N–H and O–H groups in total. The van der Waals surface area contributed by atoms with Gasteiger partial charge in [0.25, 0.3) is 5.92 Å². The van der Waals surface area contributed by atoms with Gasteiger partial charge in [-0.3, -0.25) is 4.90 Å². The summed E-state index contributed by atoms with van der Waals surface area (Å²) in [6.07, 6.45) is 0.501. The lowest BCUT2D eigenvalue weighted by molar-refractivity contribution is -0.131. The Morgan fingerprint density at radius 1 is 1.58 bits per heavy atom. The minimum atomic E-state index is -2.54. The van der Waals surface area contributed by atoms with Crippen LogP contribution < -0.4 is 4.74 Å². The van der Waals surface area contributed by atoms with Crippen molar-refractivity contribution in [2.45, 2.75) is 25.0 Å². The predicted molar refractivity (Wildman–Crippen MR) is 59.6 cm³/mol. The molecule has 0 radical (unpaired) electrons. The van der Waals surface area contributed by atoms with Gasteiger partial charge in [0.05, 0.1) is 19.6 Å². The van der Waals surface area contributed by atoms with Gasteiger partial charge in [-0.2, -0.15) is 5.10 Å². The SMILES string of the molecule is O=C(O)c1cc2n(n1)CC(CCN1CC(F)(F)C1)O2. The highest BCUT2D eigenvalue weighted by Gasteiger charge is 2.43. The van der Waals surface area contributed by atoms with Crippen molar-refractivity contribution in [3.63, 3.8) is 0 Å². The summed E-state index contributed by atoms with van der Waals surface area (Å²) in [6.45, 7) is 0.643. The fourth-order valence-electron chi connectivity index (χ4n) is 2.37. The van der Waals surface area contributed by atoms with Crippen LogP contribution in [0.25, 0.3) is 0 Å². The maximum absolute atomic E-state index is 12.6. The first-order chi connectivity index (χ1) is 8.93. The molecule has 3 heterocycles. The van der Waals surface area contributed by atoms with Gasteiger partial charge in [-0.05, 0) is 6.42 Å². The number of likely N-dealkylation sites (tertiary alicyclic amines) is 1. The molecule has 104 valence electrons. The Labute approximate surface area is 107 Å². The van der Waals surface area contributed by atoms with Gasteiger partial charge in [0, 0.05) is 12.6 Å².